The zero-order valence-electron chi connectivity index (χ0n) is 11.5. The van der Waals surface area contributed by atoms with E-state index in [1.165, 1.54) is 17.1 Å². The highest BCUT2D eigenvalue weighted by Gasteiger charge is 2.38. The van der Waals surface area contributed by atoms with Gasteiger partial charge in [-0.15, -0.1) is 0 Å². The Balaban J connectivity index is 1.94. The van der Waals surface area contributed by atoms with Crippen molar-refractivity contribution >= 4 is 25.7 Å². The third-order valence-corrected chi connectivity index (χ3v) is 4.40. The van der Waals surface area contributed by atoms with Crippen molar-refractivity contribution < 1.29 is 17.9 Å². The maximum atomic E-state index is 11.8. The minimum atomic E-state index is -3.76. The number of rotatable bonds is 3. The van der Waals surface area contributed by atoms with Crippen molar-refractivity contribution in [2.75, 3.05) is 0 Å². The van der Waals surface area contributed by atoms with Crippen LogP contribution >= 0.6 is 10.7 Å². The van der Waals surface area contributed by atoms with Gasteiger partial charge in [-0.05, 0) is 33.6 Å². The summed E-state index contributed by atoms with van der Waals surface area (Å²) < 4.78 is 29.1. The molecule has 0 aromatic carbocycles. The Hall–Kier alpha value is -1.08. The van der Waals surface area contributed by atoms with Gasteiger partial charge < -0.3 is 4.74 Å². The molecule has 0 N–H and O–H groups in total. The molecule has 0 radical (unpaired) electrons. The van der Waals surface area contributed by atoms with Crippen LogP contribution in [0.25, 0.3) is 0 Å². The van der Waals surface area contributed by atoms with Crippen molar-refractivity contribution in [1.82, 2.24) is 9.78 Å². The quantitative estimate of drug-likeness (QED) is 0.629. The van der Waals surface area contributed by atoms with Gasteiger partial charge in [0.25, 0.3) is 9.05 Å². The van der Waals surface area contributed by atoms with Crippen LogP contribution in [0.5, 0.6) is 0 Å². The van der Waals surface area contributed by atoms with E-state index >= 15 is 0 Å². The summed E-state index contributed by atoms with van der Waals surface area (Å²) in [7, 11) is 1.48. The Morgan fingerprint density at radius 2 is 2.05 bits per heavy atom. The summed E-state index contributed by atoms with van der Waals surface area (Å²) in [4.78, 5) is 11.8. The number of carbonyl (C=O) groups is 1. The molecule has 1 aliphatic rings. The van der Waals surface area contributed by atoms with Crippen LogP contribution in [-0.4, -0.2) is 29.8 Å². The monoisotopic (exact) mass is 320 g/mol. The molecule has 1 aromatic rings. The molecule has 0 amide bonds. The number of halogens is 1. The van der Waals surface area contributed by atoms with Gasteiger partial charge in [-0.25, -0.2) is 8.42 Å². The lowest BCUT2D eigenvalue weighted by Crippen LogP contribution is -2.37. The first-order valence-corrected chi connectivity index (χ1v) is 8.59. The van der Waals surface area contributed by atoms with Crippen LogP contribution in [-0.2, 0) is 18.6 Å². The molecule has 1 heterocycles. The molecule has 0 unspecified atom stereocenters. The van der Waals surface area contributed by atoms with Gasteiger partial charge in [-0.1, -0.05) is 0 Å². The summed E-state index contributed by atoms with van der Waals surface area (Å²) in [5, 5.41) is 3.97. The summed E-state index contributed by atoms with van der Waals surface area (Å²) in [6.45, 7) is 5.48. The normalized spacial score (nSPS) is 23.2. The SMILES string of the molecule is CC(C)(C)OC(=O)C1CC(n2cc(S(=O)(=O)Cl)cn2)C1. The van der Waals surface area contributed by atoms with Crippen molar-refractivity contribution in [1.29, 1.82) is 0 Å². The summed E-state index contributed by atoms with van der Waals surface area (Å²) in [5.74, 6) is -0.370. The predicted octanol–water partition coefficient (Wildman–Crippen LogP) is 2.10. The second kappa shape index (κ2) is 5.04. The lowest BCUT2D eigenvalue weighted by Gasteiger charge is -2.35. The number of hydrogen-bond acceptors (Lipinski definition) is 5. The van der Waals surface area contributed by atoms with Crippen LogP contribution < -0.4 is 0 Å². The maximum absolute atomic E-state index is 11.8. The number of ether oxygens (including phenoxy) is 1. The molecule has 20 heavy (non-hydrogen) atoms. The molecular formula is C12H17ClN2O4S. The average Bonchev–Trinajstić information content (AvgIpc) is 2.60. The smallest absolute Gasteiger partial charge is 0.309 e. The van der Waals surface area contributed by atoms with Gasteiger partial charge in [-0.2, -0.15) is 5.10 Å². The van der Waals surface area contributed by atoms with E-state index in [0.29, 0.717) is 12.8 Å². The van der Waals surface area contributed by atoms with Crippen LogP contribution in [0.15, 0.2) is 17.3 Å². The first-order chi connectivity index (χ1) is 9.06. The largest absolute Gasteiger partial charge is 0.460 e. The Morgan fingerprint density at radius 3 is 2.50 bits per heavy atom. The van der Waals surface area contributed by atoms with Crippen LogP contribution in [0.2, 0.25) is 0 Å². The van der Waals surface area contributed by atoms with Crippen LogP contribution in [0.4, 0.5) is 0 Å². The van der Waals surface area contributed by atoms with E-state index in [-0.39, 0.29) is 22.8 Å². The summed E-state index contributed by atoms with van der Waals surface area (Å²) in [6, 6.07) is 0.0136. The molecule has 0 atom stereocenters. The average molecular weight is 321 g/mol. The third kappa shape index (κ3) is 3.52. The molecule has 0 aliphatic heterocycles. The van der Waals surface area contributed by atoms with Gasteiger partial charge in [0.1, 0.15) is 10.5 Å². The second-order valence-electron chi connectivity index (χ2n) is 5.95. The number of nitrogens with zero attached hydrogens (tertiary/aromatic N) is 2. The van der Waals surface area contributed by atoms with E-state index in [9.17, 15) is 13.2 Å². The van der Waals surface area contributed by atoms with Crippen molar-refractivity contribution in [3.63, 3.8) is 0 Å². The molecule has 1 aromatic heterocycles. The fourth-order valence-corrected chi connectivity index (χ4v) is 2.67. The molecule has 0 saturated heterocycles. The van der Waals surface area contributed by atoms with Crippen molar-refractivity contribution in [2.24, 2.45) is 5.92 Å². The van der Waals surface area contributed by atoms with E-state index in [1.807, 2.05) is 20.8 Å². The van der Waals surface area contributed by atoms with Crippen molar-refractivity contribution in [3.05, 3.63) is 12.4 Å². The lowest BCUT2D eigenvalue weighted by atomic mass is 9.80. The van der Waals surface area contributed by atoms with Gasteiger partial charge in [0, 0.05) is 16.9 Å². The Morgan fingerprint density at radius 1 is 1.45 bits per heavy atom. The molecule has 1 fully saturated rings. The number of carbonyl (C=O) groups excluding carboxylic acids is 1. The molecule has 8 heteroatoms. The fourth-order valence-electron chi connectivity index (χ4n) is 2.03. The summed E-state index contributed by atoms with van der Waals surface area (Å²) in [6.07, 6.45) is 3.79. The van der Waals surface area contributed by atoms with Crippen molar-refractivity contribution in [2.45, 2.75) is 50.2 Å². The molecular weight excluding hydrogens is 304 g/mol. The highest BCUT2D eigenvalue weighted by molar-refractivity contribution is 8.13. The van der Waals surface area contributed by atoms with Gasteiger partial charge in [0.05, 0.1) is 18.2 Å². The minimum Gasteiger partial charge on any atom is -0.460 e. The van der Waals surface area contributed by atoms with Gasteiger partial charge in [-0.3, -0.25) is 9.48 Å². The maximum Gasteiger partial charge on any atom is 0.309 e. The molecule has 0 bridgehead atoms. The van der Waals surface area contributed by atoms with Crippen LogP contribution in [0.3, 0.4) is 0 Å². The van der Waals surface area contributed by atoms with Gasteiger partial charge in [0.15, 0.2) is 0 Å². The van der Waals surface area contributed by atoms with Gasteiger partial charge in [0.2, 0.25) is 0 Å². The minimum absolute atomic E-state index is 0.0136. The van der Waals surface area contributed by atoms with Crippen LogP contribution in [0, 0.1) is 5.92 Å². The molecule has 1 saturated carbocycles. The van der Waals surface area contributed by atoms with E-state index in [0.717, 1.165) is 0 Å². The number of esters is 1. The zero-order valence-corrected chi connectivity index (χ0v) is 13.1. The summed E-state index contributed by atoms with van der Waals surface area (Å²) >= 11 is 0. The topological polar surface area (TPSA) is 78.3 Å². The second-order valence-corrected chi connectivity index (χ2v) is 8.52. The standard InChI is InChI=1S/C12H17ClN2O4S/c1-12(2,3)19-11(16)8-4-9(5-8)15-7-10(6-14-15)20(13,17)18/h6-9H,4-5H2,1-3H3. The first-order valence-electron chi connectivity index (χ1n) is 6.28. The Labute approximate surface area is 122 Å². The highest BCUT2D eigenvalue weighted by Crippen LogP contribution is 2.39. The van der Waals surface area contributed by atoms with E-state index < -0.39 is 14.7 Å². The number of aromatic nitrogens is 2. The zero-order chi connectivity index (χ0) is 15.1. The summed E-state index contributed by atoms with van der Waals surface area (Å²) in [5.41, 5.74) is -0.492. The Kier molecular flexibility index (Phi) is 3.85. The molecule has 6 nitrogen and oxygen atoms in total. The number of hydrogen-bond donors (Lipinski definition) is 0. The highest BCUT2D eigenvalue weighted by atomic mass is 35.7. The molecule has 1 aliphatic carbocycles. The third-order valence-electron chi connectivity index (χ3n) is 3.09. The Bertz CT molecular complexity index is 612. The molecule has 2 rings (SSSR count). The van der Waals surface area contributed by atoms with E-state index in [4.69, 9.17) is 15.4 Å². The lowest BCUT2D eigenvalue weighted by molar-refractivity contribution is -0.164. The fraction of sp³-hybridized carbons (Fsp3) is 0.667. The van der Waals surface area contributed by atoms with E-state index in [1.54, 1.807) is 0 Å². The van der Waals surface area contributed by atoms with E-state index in [2.05, 4.69) is 5.10 Å². The molecule has 0 spiro atoms. The first kappa shape index (κ1) is 15.3. The predicted molar refractivity (Wildman–Crippen MR) is 72.9 cm³/mol. The van der Waals surface area contributed by atoms with Crippen LogP contribution in [0.1, 0.15) is 39.7 Å². The van der Waals surface area contributed by atoms with Gasteiger partial charge >= 0.3 is 5.97 Å². The van der Waals surface area contributed by atoms with Crippen molar-refractivity contribution in [3.8, 4) is 0 Å². The molecule has 112 valence electrons.